The predicted molar refractivity (Wildman–Crippen MR) is 86.5 cm³/mol. The van der Waals surface area contributed by atoms with Crippen molar-refractivity contribution in [3.05, 3.63) is 18.3 Å². The van der Waals surface area contributed by atoms with Crippen molar-refractivity contribution >= 4 is 29.6 Å². The smallest absolute Gasteiger partial charge is 0.490 e. The minimum atomic E-state index is -1.72. The summed E-state index contributed by atoms with van der Waals surface area (Å²) in [6.45, 7) is 2.30. The summed E-state index contributed by atoms with van der Waals surface area (Å²) in [7, 11) is 1.24. The number of fused-ring (bicyclic) bond motifs is 1. The van der Waals surface area contributed by atoms with Crippen molar-refractivity contribution in [1.82, 2.24) is 4.57 Å². The number of aromatic nitrogens is 1. The second kappa shape index (κ2) is 7.39. The molecule has 0 spiro atoms. The van der Waals surface area contributed by atoms with Crippen LogP contribution in [0.5, 0.6) is 11.5 Å². The van der Waals surface area contributed by atoms with Crippen LogP contribution in [0.2, 0.25) is 0 Å². The van der Waals surface area contributed by atoms with Crippen LogP contribution in [0, 0.1) is 0 Å². The number of benzene rings is 1. The van der Waals surface area contributed by atoms with E-state index < -0.39 is 13.2 Å². The zero-order valence-corrected chi connectivity index (χ0v) is 13.4. The lowest BCUT2D eigenvalue weighted by Gasteiger charge is -2.10. The summed E-state index contributed by atoms with van der Waals surface area (Å²) in [6, 6.07) is 3.19. The molecule has 0 atom stereocenters. The summed E-state index contributed by atoms with van der Waals surface area (Å²) in [5, 5.41) is 19.6. The largest absolute Gasteiger partial charge is 0.493 e. The molecular formula is C15H20BNO6. The Morgan fingerprint density at radius 2 is 1.87 bits per heavy atom. The van der Waals surface area contributed by atoms with E-state index in [1.54, 1.807) is 12.1 Å². The van der Waals surface area contributed by atoms with Crippen molar-refractivity contribution < 1.29 is 29.1 Å². The molecule has 7 nitrogen and oxygen atoms in total. The molecule has 0 saturated heterocycles. The Balaban J connectivity index is 2.54. The fourth-order valence-electron chi connectivity index (χ4n) is 2.31. The Morgan fingerprint density at radius 1 is 1.22 bits per heavy atom. The molecule has 1 aromatic carbocycles. The highest BCUT2D eigenvalue weighted by atomic mass is 16.5. The van der Waals surface area contributed by atoms with Crippen molar-refractivity contribution in [3.63, 3.8) is 0 Å². The van der Waals surface area contributed by atoms with Crippen LogP contribution in [-0.4, -0.2) is 48.7 Å². The molecule has 2 N–H and O–H groups in total. The fourth-order valence-corrected chi connectivity index (χ4v) is 2.31. The number of unbranched alkanes of at least 4 members (excludes halogenated alkanes) is 1. The van der Waals surface area contributed by atoms with E-state index in [2.05, 4.69) is 0 Å². The lowest BCUT2D eigenvalue weighted by atomic mass is 9.80. The number of methoxy groups -OCH3 is 2. The van der Waals surface area contributed by atoms with Crippen LogP contribution in [0.1, 0.15) is 19.8 Å². The first kappa shape index (κ1) is 17.2. The zero-order chi connectivity index (χ0) is 17.0. The Kier molecular flexibility index (Phi) is 5.52. The fraction of sp³-hybridized carbons (Fsp3) is 0.400. The summed E-state index contributed by atoms with van der Waals surface area (Å²) >= 11 is 0. The Morgan fingerprint density at radius 3 is 2.43 bits per heavy atom. The van der Waals surface area contributed by atoms with Gasteiger partial charge in [-0.1, -0.05) is 13.3 Å². The van der Waals surface area contributed by atoms with E-state index in [0.29, 0.717) is 29.0 Å². The second-order valence-electron chi connectivity index (χ2n) is 5.02. The monoisotopic (exact) mass is 321 g/mol. The molecule has 2 aromatic rings. The third kappa shape index (κ3) is 3.43. The van der Waals surface area contributed by atoms with Gasteiger partial charge in [-0.2, -0.15) is 0 Å². The standard InChI is InChI=1S/C15H20BNO6/c1-4-5-6-23-15(18)17-9-11(16(19)20)10-7-13(21-2)14(22-3)8-12(10)17/h7-9,19-20H,4-6H2,1-3H3. The average molecular weight is 321 g/mol. The number of hydrogen-bond donors (Lipinski definition) is 2. The van der Waals surface area contributed by atoms with E-state index >= 15 is 0 Å². The van der Waals surface area contributed by atoms with Crippen LogP contribution in [0.3, 0.4) is 0 Å². The molecule has 0 radical (unpaired) electrons. The minimum absolute atomic E-state index is 0.188. The second-order valence-corrected chi connectivity index (χ2v) is 5.02. The summed E-state index contributed by atoms with van der Waals surface area (Å²) < 4.78 is 16.9. The quantitative estimate of drug-likeness (QED) is 0.612. The van der Waals surface area contributed by atoms with Gasteiger partial charge < -0.3 is 24.3 Å². The van der Waals surface area contributed by atoms with E-state index in [0.717, 1.165) is 12.8 Å². The van der Waals surface area contributed by atoms with E-state index in [1.807, 2.05) is 6.92 Å². The molecule has 0 unspecified atom stereocenters. The Labute approximate surface area is 134 Å². The van der Waals surface area contributed by atoms with Gasteiger partial charge in [0.25, 0.3) is 0 Å². The predicted octanol–water partition coefficient (Wildman–Crippen LogP) is 1.12. The van der Waals surface area contributed by atoms with Crippen LogP contribution in [0.4, 0.5) is 4.79 Å². The van der Waals surface area contributed by atoms with Gasteiger partial charge in [-0.15, -0.1) is 0 Å². The van der Waals surface area contributed by atoms with Gasteiger partial charge in [-0.3, -0.25) is 4.57 Å². The summed E-state index contributed by atoms with van der Waals surface area (Å²) in [4.78, 5) is 12.2. The first-order chi connectivity index (χ1) is 11.0. The first-order valence-corrected chi connectivity index (χ1v) is 7.33. The molecule has 2 rings (SSSR count). The molecular weight excluding hydrogens is 301 g/mol. The molecule has 0 amide bonds. The van der Waals surface area contributed by atoms with Crippen LogP contribution in [-0.2, 0) is 4.74 Å². The van der Waals surface area contributed by atoms with Crippen LogP contribution in [0.15, 0.2) is 18.3 Å². The van der Waals surface area contributed by atoms with Gasteiger partial charge >= 0.3 is 13.2 Å². The van der Waals surface area contributed by atoms with E-state index in [1.165, 1.54) is 25.0 Å². The minimum Gasteiger partial charge on any atom is -0.493 e. The molecule has 0 aliphatic rings. The molecule has 0 bridgehead atoms. The topological polar surface area (TPSA) is 90.2 Å². The molecule has 0 fully saturated rings. The van der Waals surface area contributed by atoms with Crippen molar-refractivity contribution in [1.29, 1.82) is 0 Å². The SMILES string of the molecule is CCCCOC(=O)n1cc(B(O)O)c2cc(OC)c(OC)cc21. The lowest BCUT2D eigenvalue weighted by Crippen LogP contribution is -2.29. The maximum absolute atomic E-state index is 12.2. The van der Waals surface area contributed by atoms with Crippen molar-refractivity contribution in [2.45, 2.75) is 19.8 Å². The lowest BCUT2D eigenvalue weighted by molar-refractivity contribution is 0.147. The van der Waals surface area contributed by atoms with Gasteiger partial charge in [-0.05, 0) is 12.5 Å². The van der Waals surface area contributed by atoms with E-state index in [-0.39, 0.29) is 5.46 Å². The summed E-state index contributed by atoms with van der Waals surface area (Å²) in [6.07, 6.45) is 2.44. The van der Waals surface area contributed by atoms with Gasteiger partial charge in [0.2, 0.25) is 0 Å². The normalized spacial score (nSPS) is 10.7. The molecule has 1 aromatic heterocycles. The molecule has 1 heterocycles. The van der Waals surface area contributed by atoms with Crippen molar-refractivity contribution in [2.24, 2.45) is 0 Å². The van der Waals surface area contributed by atoms with Crippen LogP contribution < -0.4 is 14.9 Å². The molecule has 8 heteroatoms. The molecule has 0 aliphatic carbocycles. The van der Waals surface area contributed by atoms with Crippen LogP contribution >= 0.6 is 0 Å². The third-order valence-corrected chi connectivity index (χ3v) is 3.54. The van der Waals surface area contributed by atoms with Crippen molar-refractivity contribution in [2.75, 3.05) is 20.8 Å². The molecule has 23 heavy (non-hydrogen) atoms. The van der Waals surface area contributed by atoms with Gasteiger partial charge in [-0.25, -0.2) is 4.79 Å². The van der Waals surface area contributed by atoms with E-state index in [4.69, 9.17) is 14.2 Å². The molecule has 124 valence electrons. The average Bonchev–Trinajstić information content (AvgIpc) is 2.92. The number of carbonyl (C=O) groups is 1. The highest BCUT2D eigenvalue weighted by molar-refractivity contribution is 6.62. The van der Waals surface area contributed by atoms with Crippen molar-refractivity contribution in [3.8, 4) is 11.5 Å². The number of nitrogens with zero attached hydrogens (tertiary/aromatic N) is 1. The zero-order valence-electron chi connectivity index (χ0n) is 13.4. The summed E-state index contributed by atoms with van der Waals surface area (Å²) in [5.41, 5.74) is 0.639. The number of rotatable bonds is 6. The number of carbonyl (C=O) groups excluding carboxylic acids is 1. The molecule has 0 aliphatic heterocycles. The maximum atomic E-state index is 12.2. The van der Waals surface area contributed by atoms with Gasteiger partial charge in [0.1, 0.15) is 0 Å². The Hall–Kier alpha value is -2.19. The van der Waals surface area contributed by atoms with Gasteiger partial charge in [0.05, 0.1) is 26.3 Å². The maximum Gasteiger partial charge on any atom is 0.490 e. The first-order valence-electron chi connectivity index (χ1n) is 7.33. The third-order valence-electron chi connectivity index (χ3n) is 3.54. The molecule has 0 saturated carbocycles. The highest BCUT2D eigenvalue weighted by Gasteiger charge is 2.24. The van der Waals surface area contributed by atoms with Gasteiger partial charge in [0.15, 0.2) is 11.5 Å². The summed E-state index contributed by atoms with van der Waals surface area (Å²) in [5.74, 6) is 0.860. The number of hydrogen-bond acceptors (Lipinski definition) is 6. The van der Waals surface area contributed by atoms with Gasteiger partial charge in [0, 0.05) is 23.1 Å². The van der Waals surface area contributed by atoms with Crippen LogP contribution in [0.25, 0.3) is 10.9 Å². The highest BCUT2D eigenvalue weighted by Crippen LogP contribution is 2.32. The van der Waals surface area contributed by atoms with E-state index in [9.17, 15) is 14.8 Å². The Bertz CT molecular complexity index is 697. The number of ether oxygens (including phenoxy) is 3.